The lowest BCUT2D eigenvalue weighted by Crippen LogP contribution is -2.19. The van der Waals surface area contributed by atoms with Crippen LogP contribution in [0.25, 0.3) is 0 Å². The molecule has 0 aromatic carbocycles. The van der Waals surface area contributed by atoms with Crippen molar-refractivity contribution in [2.75, 3.05) is 7.05 Å². The molecule has 1 unspecified atom stereocenters. The molecule has 1 N–H and O–H groups in total. The molecule has 2 rings (SSSR count). The standard InChI is InChI=1S/C9H12N4S2/c1-6-11-7(4-14-6)3-8(10-2)9-5-15-13-12-9/h4-5,8,10H,3H2,1-2H3. The summed E-state index contributed by atoms with van der Waals surface area (Å²) >= 11 is 3.06. The molecule has 0 aliphatic heterocycles. The van der Waals surface area contributed by atoms with Crippen LogP contribution in [0.4, 0.5) is 0 Å². The van der Waals surface area contributed by atoms with Gasteiger partial charge in [0.1, 0.15) is 0 Å². The minimum Gasteiger partial charge on any atom is -0.311 e. The van der Waals surface area contributed by atoms with Crippen LogP contribution in [0.5, 0.6) is 0 Å². The zero-order chi connectivity index (χ0) is 10.7. The van der Waals surface area contributed by atoms with Crippen LogP contribution in [0.15, 0.2) is 10.8 Å². The fourth-order valence-corrected chi connectivity index (χ4v) is 2.52. The first kappa shape index (κ1) is 10.7. The van der Waals surface area contributed by atoms with Gasteiger partial charge >= 0.3 is 0 Å². The van der Waals surface area contributed by atoms with Gasteiger partial charge in [0.15, 0.2) is 0 Å². The summed E-state index contributed by atoms with van der Waals surface area (Å²) in [6.45, 7) is 2.02. The van der Waals surface area contributed by atoms with E-state index in [0.717, 1.165) is 22.8 Å². The first-order valence-corrected chi connectivity index (χ1v) is 6.36. The lowest BCUT2D eigenvalue weighted by molar-refractivity contribution is 0.568. The van der Waals surface area contributed by atoms with Gasteiger partial charge in [0.05, 0.1) is 22.4 Å². The largest absolute Gasteiger partial charge is 0.311 e. The van der Waals surface area contributed by atoms with Gasteiger partial charge in [0.25, 0.3) is 0 Å². The summed E-state index contributed by atoms with van der Waals surface area (Å²) < 4.78 is 3.87. The average molecular weight is 240 g/mol. The van der Waals surface area contributed by atoms with Gasteiger partial charge in [0, 0.05) is 17.2 Å². The summed E-state index contributed by atoms with van der Waals surface area (Å²) in [5.74, 6) is 0. The molecule has 0 bridgehead atoms. The van der Waals surface area contributed by atoms with Gasteiger partial charge in [-0.25, -0.2) is 4.98 Å². The molecule has 0 aliphatic rings. The number of hydrogen-bond donors (Lipinski definition) is 1. The van der Waals surface area contributed by atoms with Gasteiger partial charge in [-0.1, -0.05) is 4.49 Å². The highest BCUT2D eigenvalue weighted by Crippen LogP contribution is 2.18. The van der Waals surface area contributed by atoms with E-state index in [2.05, 4.69) is 25.3 Å². The highest BCUT2D eigenvalue weighted by Gasteiger charge is 2.14. The Kier molecular flexibility index (Phi) is 3.40. The van der Waals surface area contributed by atoms with Crippen LogP contribution in [-0.4, -0.2) is 21.6 Å². The third kappa shape index (κ3) is 2.58. The number of aromatic nitrogens is 3. The molecule has 1 atom stereocenters. The molecule has 4 nitrogen and oxygen atoms in total. The Morgan fingerprint density at radius 1 is 1.47 bits per heavy atom. The molecule has 2 aromatic rings. The number of thiazole rings is 1. The van der Waals surface area contributed by atoms with Gasteiger partial charge in [-0.05, 0) is 25.5 Å². The third-order valence-corrected chi connectivity index (χ3v) is 3.51. The van der Waals surface area contributed by atoms with Gasteiger partial charge in [-0.15, -0.1) is 16.4 Å². The van der Waals surface area contributed by atoms with Crippen LogP contribution in [0.3, 0.4) is 0 Å². The molecular weight excluding hydrogens is 228 g/mol. The molecule has 0 saturated carbocycles. The summed E-state index contributed by atoms with van der Waals surface area (Å²) in [6.07, 6.45) is 0.867. The van der Waals surface area contributed by atoms with Crippen LogP contribution in [0.2, 0.25) is 0 Å². The highest BCUT2D eigenvalue weighted by molar-refractivity contribution is 7.09. The molecule has 0 amide bonds. The molecule has 6 heteroatoms. The fraction of sp³-hybridized carbons (Fsp3) is 0.444. The van der Waals surface area contributed by atoms with Crippen molar-refractivity contribution in [2.24, 2.45) is 0 Å². The van der Waals surface area contributed by atoms with Crippen molar-refractivity contribution in [2.45, 2.75) is 19.4 Å². The number of nitrogens with zero attached hydrogens (tertiary/aromatic N) is 3. The second kappa shape index (κ2) is 4.78. The smallest absolute Gasteiger partial charge is 0.0928 e. The molecule has 2 heterocycles. The van der Waals surface area contributed by atoms with Gasteiger partial charge in [-0.2, -0.15) is 0 Å². The van der Waals surface area contributed by atoms with E-state index in [1.165, 1.54) is 11.5 Å². The second-order valence-corrected chi connectivity index (χ2v) is 4.91. The number of nitrogens with one attached hydrogen (secondary N) is 1. The fourth-order valence-electron chi connectivity index (χ4n) is 1.39. The quantitative estimate of drug-likeness (QED) is 0.885. The summed E-state index contributed by atoms with van der Waals surface area (Å²) in [7, 11) is 1.93. The predicted octanol–water partition coefficient (Wildman–Crippen LogP) is 1.81. The number of aryl methyl sites for hydroxylation is 1. The van der Waals surface area contributed by atoms with Crippen LogP contribution < -0.4 is 5.32 Å². The van der Waals surface area contributed by atoms with Gasteiger partial charge in [0.2, 0.25) is 0 Å². The van der Waals surface area contributed by atoms with E-state index < -0.39 is 0 Å². The number of hydrogen-bond acceptors (Lipinski definition) is 6. The molecule has 2 aromatic heterocycles. The number of rotatable bonds is 4. The summed E-state index contributed by atoms with van der Waals surface area (Å²) in [6, 6.07) is 0.213. The van der Waals surface area contributed by atoms with Crippen LogP contribution in [0, 0.1) is 6.92 Å². The average Bonchev–Trinajstić information content (AvgIpc) is 2.85. The van der Waals surface area contributed by atoms with Crippen molar-refractivity contribution < 1.29 is 0 Å². The molecule has 0 spiro atoms. The van der Waals surface area contributed by atoms with Crippen LogP contribution in [0.1, 0.15) is 22.4 Å². The molecule has 0 radical (unpaired) electrons. The van der Waals surface area contributed by atoms with Crippen molar-refractivity contribution in [1.82, 2.24) is 19.9 Å². The second-order valence-electron chi connectivity index (χ2n) is 3.23. The molecule has 0 aliphatic carbocycles. The van der Waals surface area contributed by atoms with Crippen molar-refractivity contribution in [1.29, 1.82) is 0 Å². The van der Waals surface area contributed by atoms with E-state index in [1.54, 1.807) is 11.3 Å². The van der Waals surface area contributed by atoms with E-state index in [1.807, 2.05) is 19.4 Å². The Morgan fingerprint density at radius 2 is 2.33 bits per heavy atom. The van der Waals surface area contributed by atoms with Gasteiger partial charge in [-0.3, -0.25) is 0 Å². The normalized spacial score (nSPS) is 12.9. The Hall–Kier alpha value is -0.850. The van der Waals surface area contributed by atoms with Gasteiger partial charge < -0.3 is 5.32 Å². The maximum atomic E-state index is 4.44. The predicted molar refractivity (Wildman–Crippen MR) is 62.3 cm³/mol. The minimum absolute atomic E-state index is 0.213. The van der Waals surface area contributed by atoms with Crippen LogP contribution in [-0.2, 0) is 6.42 Å². The maximum Gasteiger partial charge on any atom is 0.0928 e. The Balaban J connectivity index is 2.09. The number of likely N-dealkylation sites (N-methyl/N-ethyl adjacent to an activating group) is 1. The molecule has 15 heavy (non-hydrogen) atoms. The van der Waals surface area contributed by atoms with E-state index in [9.17, 15) is 0 Å². The Bertz CT molecular complexity index is 409. The van der Waals surface area contributed by atoms with E-state index in [4.69, 9.17) is 0 Å². The van der Waals surface area contributed by atoms with Crippen molar-refractivity contribution >= 4 is 22.9 Å². The molecule has 0 saturated heterocycles. The minimum atomic E-state index is 0.213. The van der Waals surface area contributed by atoms with E-state index in [-0.39, 0.29) is 6.04 Å². The summed E-state index contributed by atoms with van der Waals surface area (Å²) in [4.78, 5) is 4.44. The van der Waals surface area contributed by atoms with Crippen molar-refractivity contribution in [3.63, 3.8) is 0 Å². The monoisotopic (exact) mass is 240 g/mol. The van der Waals surface area contributed by atoms with Crippen LogP contribution >= 0.6 is 22.9 Å². The Labute approximate surface area is 96.5 Å². The first-order chi connectivity index (χ1) is 7.29. The van der Waals surface area contributed by atoms with Crippen molar-refractivity contribution in [3.8, 4) is 0 Å². The SMILES string of the molecule is CNC(Cc1csc(C)n1)c1csnn1. The lowest BCUT2D eigenvalue weighted by Gasteiger charge is -2.10. The van der Waals surface area contributed by atoms with E-state index >= 15 is 0 Å². The summed E-state index contributed by atoms with van der Waals surface area (Å²) in [5.41, 5.74) is 2.11. The first-order valence-electron chi connectivity index (χ1n) is 4.65. The van der Waals surface area contributed by atoms with Crippen molar-refractivity contribution in [3.05, 3.63) is 27.2 Å². The summed E-state index contributed by atoms with van der Waals surface area (Å²) in [5, 5.41) is 12.5. The molecule has 80 valence electrons. The zero-order valence-corrected chi connectivity index (χ0v) is 10.2. The zero-order valence-electron chi connectivity index (χ0n) is 8.60. The highest BCUT2D eigenvalue weighted by atomic mass is 32.1. The maximum absolute atomic E-state index is 4.44. The molecular formula is C9H12N4S2. The van der Waals surface area contributed by atoms with E-state index in [0.29, 0.717) is 0 Å². The topological polar surface area (TPSA) is 50.7 Å². The molecule has 0 fully saturated rings. The third-order valence-electron chi connectivity index (χ3n) is 2.16. The Morgan fingerprint density at radius 3 is 2.87 bits per heavy atom. The lowest BCUT2D eigenvalue weighted by atomic mass is 10.1.